The van der Waals surface area contributed by atoms with Crippen LogP contribution in [-0.4, -0.2) is 13.0 Å². The Morgan fingerprint density at radius 3 is 2.42 bits per heavy atom. The summed E-state index contributed by atoms with van der Waals surface area (Å²) in [5, 5.41) is 2.59. The van der Waals surface area contributed by atoms with Gasteiger partial charge in [-0.3, -0.25) is 4.79 Å². The van der Waals surface area contributed by atoms with Crippen LogP contribution >= 0.6 is 0 Å². The van der Waals surface area contributed by atoms with Crippen LogP contribution < -0.4 is 10.1 Å². The summed E-state index contributed by atoms with van der Waals surface area (Å²) < 4.78 is 5.64. The molecule has 0 aliphatic carbocycles. The molecule has 3 nitrogen and oxygen atoms in total. The highest BCUT2D eigenvalue weighted by molar-refractivity contribution is 5.71. The first-order chi connectivity index (χ1) is 9.38. The molecule has 2 aromatic rings. The van der Waals surface area contributed by atoms with Crippen molar-refractivity contribution in [3.8, 4) is 5.75 Å². The Morgan fingerprint density at radius 2 is 1.74 bits per heavy atom. The van der Waals surface area contributed by atoms with E-state index < -0.39 is 0 Å². The Morgan fingerprint density at radius 1 is 1.00 bits per heavy atom. The van der Waals surface area contributed by atoms with Gasteiger partial charge in [-0.1, -0.05) is 30.3 Å². The molecule has 0 unspecified atom stereocenters. The van der Waals surface area contributed by atoms with E-state index in [2.05, 4.69) is 29.6 Å². The van der Waals surface area contributed by atoms with E-state index in [-0.39, 0.29) is 0 Å². The minimum absolute atomic E-state index is 0.662. The highest BCUT2D eigenvalue weighted by Crippen LogP contribution is 2.15. The SMILES string of the molecule is O=CNc1ccc(OCCCc2ccccc2)cc1. The smallest absolute Gasteiger partial charge is 0.211 e. The number of benzene rings is 2. The van der Waals surface area contributed by atoms with Crippen molar-refractivity contribution in [3.63, 3.8) is 0 Å². The van der Waals surface area contributed by atoms with Gasteiger partial charge in [-0.2, -0.15) is 0 Å². The zero-order chi connectivity index (χ0) is 13.3. The summed E-state index contributed by atoms with van der Waals surface area (Å²) in [6.07, 6.45) is 2.67. The second-order valence-corrected chi connectivity index (χ2v) is 4.22. The Kier molecular flexibility index (Phi) is 4.99. The molecule has 0 aromatic heterocycles. The largest absolute Gasteiger partial charge is 0.494 e. The van der Waals surface area contributed by atoms with Crippen molar-refractivity contribution in [2.45, 2.75) is 12.8 Å². The Bertz CT molecular complexity index is 494. The standard InChI is InChI=1S/C16H17NO2/c18-13-17-15-8-10-16(11-9-15)19-12-4-7-14-5-2-1-3-6-14/h1-3,5-6,8-11,13H,4,7,12H2,(H,17,18). The number of hydrogen-bond donors (Lipinski definition) is 1. The summed E-state index contributed by atoms with van der Waals surface area (Å²) in [4.78, 5) is 10.3. The molecule has 0 spiro atoms. The highest BCUT2D eigenvalue weighted by atomic mass is 16.5. The average Bonchev–Trinajstić information content (AvgIpc) is 2.47. The second-order valence-electron chi connectivity index (χ2n) is 4.22. The van der Waals surface area contributed by atoms with Crippen LogP contribution in [0.15, 0.2) is 54.6 Å². The van der Waals surface area contributed by atoms with Crippen molar-refractivity contribution < 1.29 is 9.53 Å². The molecule has 0 heterocycles. The fourth-order valence-electron chi connectivity index (χ4n) is 1.83. The van der Waals surface area contributed by atoms with Gasteiger partial charge in [0.1, 0.15) is 5.75 Å². The van der Waals surface area contributed by atoms with E-state index in [4.69, 9.17) is 4.74 Å². The molecule has 0 fully saturated rings. The maximum Gasteiger partial charge on any atom is 0.211 e. The maximum absolute atomic E-state index is 10.3. The molecule has 0 bridgehead atoms. The van der Waals surface area contributed by atoms with Gasteiger partial charge in [-0.25, -0.2) is 0 Å². The topological polar surface area (TPSA) is 38.3 Å². The van der Waals surface area contributed by atoms with E-state index in [1.165, 1.54) is 5.56 Å². The van der Waals surface area contributed by atoms with Gasteiger partial charge in [-0.15, -0.1) is 0 Å². The minimum atomic E-state index is 0.662. The molecule has 2 aromatic carbocycles. The zero-order valence-corrected chi connectivity index (χ0v) is 10.7. The molecule has 0 saturated heterocycles. The molecule has 0 atom stereocenters. The quantitative estimate of drug-likeness (QED) is 0.609. The van der Waals surface area contributed by atoms with Crippen LogP contribution in [0.2, 0.25) is 0 Å². The summed E-state index contributed by atoms with van der Waals surface area (Å²) in [5.41, 5.74) is 2.10. The van der Waals surface area contributed by atoms with Crippen molar-refractivity contribution in [3.05, 3.63) is 60.2 Å². The third-order valence-electron chi connectivity index (χ3n) is 2.80. The number of anilines is 1. The van der Waals surface area contributed by atoms with Gasteiger partial charge in [0.2, 0.25) is 6.41 Å². The molecule has 0 saturated carbocycles. The summed E-state index contributed by atoms with van der Waals surface area (Å²) in [6, 6.07) is 17.7. The predicted octanol–water partition coefficient (Wildman–Crippen LogP) is 3.27. The lowest BCUT2D eigenvalue weighted by atomic mass is 10.1. The molecule has 0 aliphatic rings. The van der Waals surface area contributed by atoms with Gasteiger partial charge in [0, 0.05) is 5.69 Å². The fourth-order valence-corrected chi connectivity index (χ4v) is 1.83. The van der Waals surface area contributed by atoms with Crippen LogP contribution in [0.25, 0.3) is 0 Å². The predicted molar refractivity (Wildman–Crippen MR) is 76.4 cm³/mol. The first-order valence-corrected chi connectivity index (χ1v) is 6.35. The summed E-state index contributed by atoms with van der Waals surface area (Å²) in [6.45, 7) is 0.690. The highest BCUT2D eigenvalue weighted by Gasteiger charge is 1.96. The molecule has 19 heavy (non-hydrogen) atoms. The van der Waals surface area contributed by atoms with Gasteiger partial charge in [0.25, 0.3) is 0 Å². The van der Waals surface area contributed by atoms with Crippen LogP contribution in [0.3, 0.4) is 0 Å². The van der Waals surface area contributed by atoms with Crippen LogP contribution in [-0.2, 0) is 11.2 Å². The lowest BCUT2D eigenvalue weighted by Gasteiger charge is -2.07. The van der Waals surface area contributed by atoms with E-state index in [0.29, 0.717) is 13.0 Å². The summed E-state index contributed by atoms with van der Waals surface area (Å²) in [5.74, 6) is 0.824. The monoisotopic (exact) mass is 255 g/mol. The Labute approximate surface area is 113 Å². The Balaban J connectivity index is 1.72. The lowest BCUT2D eigenvalue weighted by Crippen LogP contribution is -1.99. The number of nitrogens with one attached hydrogen (secondary N) is 1. The number of rotatable bonds is 7. The van der Waals surface area contributed by atoms with E-state index in [9.17, 15) is 4.79 Å². The average molecular weight is 255 g/mol. The van der Waals surface area contributed by atoms with Gasteiger partial charge >= 0.3 is 0 Å². The van der Waals surface area contributed by atoms with E-state index >= 15 is 0 Å². The Hall–Kier alpha value is -2.29. The number of aryl methyl sites for hydroxylation is 1. The number of ether oxygens (including phenoxy) is 1. The van der Waals surface area contributed by atoms with Crippen LogP contribution in [0.1, 0.15) is 12.0 Å². The van der Waals surface area contributed by atoms with Crippen LogP contribution in [0, 0.1) is 0 Å². The molecule has 98 valence electrons. The van der Waals surface area contributed by atoms with Crippen molar-refractivity contribution in [2.75, 3.05) is 11.9 Å². The molecule has 1 N–H and O–H groups in total. The zero-order valence-electron chi connectivity index (χ0n) is 10.7. The number of carbonyl (C=O) groups is 1. The van der Waals surface area contributed by atoms with Crippen molar-refractivity contribution in [1.29, 1.82) is 0 Å². The molecule has 3 heteroatoms. The van der Waals surface area contributed by atoms with E-state index in [1.807, 2.05) is 30.3 Å². The summed E-state index contributed by atoms with van der Waals surface area (Å²) in [7, 11) is 0. The molecule has 1 amide bonds. The first-order valence-electron chi connectivity index (χ1n) is 6.35. The van der Waals surface area contributed by atoms with Gasteiger partial charge in [0.15, 0.2) is 0 Å². The number of hydrogen-bond acceptors (Lipinski definition) is 2. The van der Waals surface area contributed by atoms with Gasteiger partial charge in [0.05, 0.1) is 6.61 Å². The maximum atomic E-state index is 10.3. The van der Waals surface area contributed by atoms with E-state index in [0.717, 1.165) is 24.3 Å². The first kappa shape index (κ1) is 13.1. The third-order valence-corrected chi connectivity index (χ3v) is 2.80. The normalized spacial score (nSPS) is 9.89. The molecular formula is C16H17NO2. The third kappa shape index (κ3) is 4.47. The van der Waals surface area contributed by atoms with Crippen molar-refractivity contribution >= 4 is 12.1 Å². The number of carbonyl (C=O) groups excluding carboxylic acids is 1. The van der Waals surface area contributed by atoms with Crippen molar-refractivity contribution in [1.82, 2.24) is 0 Å². The van der Waals surface area contributed by atoms with Crippen molar-refractivity contribution in [2.24, 2.45) is 0 Å². The summed E-state index contributed by atoms with van der Waals surface area (Å²) >= 11 is 0. The van der Waals surface area contributed by atoms with Gasteiger partial charge < -0.3 is 10.1 Å². The minimum Gasteiger partial charge on any atom is -0.494 e. The fraction of sp³-hybridized carbons (Fsp3) is 0.188. The van der Waals surface area contributed by atoms with Gasteiger partial charge in [-0.05, 0) is 42.7 Å². The molecule has 2 rings (SSSR count). The van der Waals surface area contributed by atoms with Crippen LogP contribution in [0.4, 0.5) is 5.69 Å². The number of amides is 1. The lowest BCUT2D eigenvalue weighted by molar-refractivity contribution is -0.105. The van der Waals surface area contributed by atoms with E-state index in [1.54, 1.807) is 0 Å². The van der Waals surface area contributed by atoms with Crippen LogP contribution in [0.5, 0.6) is 5.75 Å². The second kappa shape index (κ2) is 7.21. The molecule has 0 aliphatic heterocycles. The molecular weight excluding hydrogens is 238 g/mol. The molecule has 0 radical (unpaired) electrons.